The van der Waals surface area contributed by atoms with Crippen LogP contribution in [-0.2, 0) is 11.3 Å². The minimum Gasteiger partial charge on any atom is -0.481 e. The molecule has 1 N–H and O–H groups in total. The van der Waals surface area contributed by atoms with E-state index in [0.29, 0.717) is 0 Å². The van der Waals surface area contributed by atoms with E-state index in [1.807, 2.05) is 0 Å². The van der Waals surface area contributed by atoms with Crippen LogP contribution < -0.4 is 0 Å². The molecule has 0 saturated heterocycles. The molecule has 0 aliphatic carbocycles. The van der Waals surface area contributed by atoms with Crippen LogP contribution in [0.4, 0.5) is 0 Å². The van der Waals surface area contributed by atoms with Crippen molar-refractivity contribution in [2.24, 2.45) is 0 Å². The molecule has 0 unspecified atom stereocenters. The van der Waals surface area contributed by atoms with E-state index >= 15 is 0 Å². The van der Waals surface area contributed by atoms with Crippen molar-refractivity contribution < 1.29 is 9.90 Å². The third-order valence-corrected chi connectivity index (χ3v) is 3.45. The zero-order chi connectivity index (χ0) is 14.4. The Labute approximate surface area is 116 Å². The number of benzene rings is 1. The maximum absolute atomic E-state index is 10.4. The van der Waals surface area contributed by atoms with Gasteiger partial charge in [-0.3, -0.25) is 4.79 Å². The average Bonchev–Trinajstić information content (AvgIpc) is 2.29. The van der Waals surface area contributed by atoms with Crippen LogP contribution in [0.15, 0.2) is 12.1 Å². The highest BCUT2D eigenvalue weighted by molar-refractivity contribution is 5.66. The summed E-state index contributed by atoms with van der Waals surface area (Å²) in [5.41, 5.74) is 5.39. The number of carboxylic acid groups (broad SMARTS) is 1. The number of aliphatic carboxylic acids is 1. The first kappa shape index (κ1) is 15.7. The molecule has 3 heteroatoms. The Morgan fingerprint density at radius 2 is 1.74 bits per heavy atom. The highest BCUT2D eigenvalue weighted by atomic mass is 16.4. The first-order valence-electron chi connectivity index (χ1n) is 6.87. The second kappa shape index (κ2) is 7.29. The molecule has 0 saturated carbocycles. The summed E-state index contributed by atoms with van der Waals surface area (Å²) in [4.78, 5) is 12.7. The van der Waals surface area contributed by atoms with Gasteiger partial charge in [-0.15, -0.1) is 0 Å². The predicted octanol–water partition coefficient (Wildman–Crippen LogP) is 3.30. The summed E-state index contributed by atoms with van der Waals surface area (Å²) in [6.45, 7) is 8.33. The Balaban J connectivity index is 2.48. The van der Waals surface area contributed by atoms with Crippen LogP contribution in [-0.4, -0.2) is 29.6 Å². The lowest BCUT2D eigenvalue weighted by molar-refractivity contribution is -0.137. The van der Waals surface area contributed by atoms with Gasteiger partial charge in [0.1, 0.15) is 0 Å². The molecule has 0 atom stereocenters. The normalized spacial score (nSPS) is 11.0. The maximum Gasteiger partial charge on any atom is 0.303 e. The second-order valence-electron chi connectivity index (χ2n) is 5.47. The fourth-order valence-corrected chi connectivity index (χ4v) is 2.47. The van der Waals surface area contributed by atoms with Crippen molar-refractivity contribution in [3.63, 3.8) is 0 Å². The smallest absolute Gasteiger partial charge is 0.303 e. The van der Waals surface area contributed by atoms with Crippen LogP contribution in [0, 0.1) is 20.8 Å². The van der Waals surface area contributed by atoms with E-state index in [9.17, 15) is 4.79 Å². The number of hydrogen-bond donors (Lipinski definition) is 1. The van der Waals surface area contributed by atoms with Gasteiger partial charge in [-0.2, -0.15) is 0 Å². The van der Waals surface area contributed by atoms with Gasteiger partial charge in [0.25, 0.3) is 0 Å². The molecular weight excluding hydrogens is 238 g/mol. The lowest BCUT2D eigenvalue weighted by Crippen LogP contribution is -2.20. The first-order chi connectivity index (χ1) is 8.90. The lowest BCUT2D eigenvalue weighted by Gasteiger charge is -2.20. The Morgan fingerprint density at radius 1 is 1.16 bits per heavy atom. The zero-order valence-electron chi connectivity index (χ0n) is 12.5. The molecule has 19 heavy (non-hydrogen) atoms. The van der Waals surface area contributed by atoms with Crippen molar-refractivity contribution in [3.05, 3.63) is 34.4 Å². The number of nitrogens with zero attached hydrogens (tertiary/aromatic N) is 1. The SMILES string of the molecule is Cc1cc(C)c(CN(C)CCCCC(=O)O)c(C)c1. The summed E-state index contributed by atoms with van der Waals surface area (Å²) in [7, 11) is 2.10. The molecule has 0 spiro atoms. The fraction of sp³-hybridized carbons (Fsp3) is 0.562. The van der Waals surface area contributed by atoms with Crippen molar-refractivity contribution in [1.29, 1.82) is 0 Å². The average molecular weight is 263 g/mol. The monoisotopic (exact) mass is 263 g/mol. The topological polar surface area (TPSA) is 40.5 Å². The van der Waals surface area contributed by atoms with Crippen LogP contribution in [0.2, 0.25) is 0 Å². The van der Waals surface area contributed by atoms with E-state index in [1.165, 1.54) is 22.3 Å². The molecule has 1 aromatic rings. The maximum atomic E-state index is 10.4. The van der Waals surface area contributed by atoms with E-state index in [4.69, 9.17) is 5.11 Å². The quantitative estimate of drug-likeness (QED) is 0.767. The van der Waals surface area contributed by atoms with E-state index < -0.39 is 5.97 Å². The fourth-order valence-electron chi connectivity index (χ4n) is 2.47. The molecule has 0 bridgehead atoms. The summed E-state index contributed by atoms with van der Waals surface area (Å²) < 4.78 is 0. The molecule has 1 aromatic carbocycles. The molecule has 3 nitrogen and oxygen atoms in total. The first-order valence-corrected chi connectivity index (χ1v) is 6.87. The van der Waals surface area contributed by atoms with Gasteiger partial charge >= 0.3 is 5.97 Å². The van der Waals surface area contributed by atoms with E-state index in [1.54, 1.807) is 0 Å². The number of carboxylic acids is 1. The third-order valence-electron chi connectivity index (χ3n) is 3.45. The van der Waals surface area contributed by atoms with Crippen LogP contribution in [0.25, 0.3) is 0 Å². The van der Waals surface area contributed by atoms with Gasteiger partial charge in [-0.25, -0.2) is 0 Å². The summed E-state index contributed by atoms with van der Waals surface area (Å²) in [6.07, 6.45) is 1.97. The van der Waals surface area contributed by atoms with Crippen molar-refractivity contribution in [3.8, 4) is 0 Å². The molecule has 0 aromatic heterocycles. The molecule has 1 rings (SSSR count). The van der Waals surface area contributed by atoms with Crippen molar-refractivity contribution in [2.45, 2.75) is 46.6 Å². The molecule has 0 fully saturated rings. The lowest BCUT2D eigenvalue weighted by atomic mass is 9.99. The number of unbranched alkanes of at least 4 members (excludes halogenated alkanes) is 1. The standard InChI is InChI=1S/C16H25NO2/c1-12-9-13(2)15(14(3)10-12)11-17(4)8-6-5-7-16(18)19/h9-10H,5-8,11H2,1-4H3,(H,18,19). The Kier molecular flexibility index (Phi) is 6.03. The van der Waals surface area contributed by atoms with Crippen LogP contribution in [0.1, 0.15) is 41.5 Å². The second-order valence-corrected chi connectivity index (χ2v) is 5.47. The summed E-state index contributed by atoms with van der Waals surface area (Å²) in [5.74, 6) is -0.701. The predicted molar refractivity (Wildman–Crippen MR) is 78.5 cm³/mol. The summed E-state index contributed by atoms with van der Waals surface area (Å²) in [5, 5.41) is 8.60. The van der Waals surface area contributed by atoms with Gasteiger partial charge in [0.15, 0.2) is 0 Å². The van der Waals surface area contributed by atoms with E-state index in [0.717, 1.165) is 25.9 Å². The highest BCUT2D eigenvalue weighted by Gasteiger charge is 2.07. The van der Waals surface area contributed by atoms with Gasteiger partial charge in [0, 0.05) is 13.0 Å². The van der Waals surface area contributed by atoms with Crippen LogP contribution in [0.3, 0.4) is 0 Å². The van der Waals surface area contributed by atoms with Crippen molar-refractivity contribution >= 4 is 5.97 Å². The Hall–Kier alpha value is -1.35. The summed E-state index contributed by atoms with van der Waals surface area (Å²) in [6, 6.07) is 4.45. The Bertz CT molecular complexity index is 417. The molecule has 106 valence electrons. The van der Waals surface area contributed by atoms with Crippen molar-refractivity contribution in [1.82, 2.24) is 4.90 Å². The molecule has 0 aliphatic heterocycles. The van der Waals surface area contributed by atoms with Gasteiger partial charge in [0.05, 0.1) is 0 Å². The molecule has 0 radical (unpaired) electrons. The number of rotatable bonds is 7. The largest absolute Gasteiger partial charge is 0.481 e. The van der Waals surface area contributed by atoms with E-state index in [-0.39, 0.29) is 6.42 Å². The van der Waals surface area contributed by atoms with Gasteiger partial charge in [-0.1, -0.05) is 17.7 Å². The number of carbonyl (C=O) groups is 1. The minimum atomic E-state index is -0.701. The minimum absolute atomic E-state index is 0.274. The number of aryl methyl sites for hydroxylation is 3. The molecule has 0 aliphatic rings. The Morgan fingerprint density at radius 3 is 2.26 bits per heavy atom. The third kappa shape index (κ3) is 5.43. The molecular formula is C16H25NO2. The number of hydrogen-bond acceptors (Lipinski definition) is 2. The highest BCUT2D eigenvalue weighted by Crippen LogP contribution is 2.18. The summed E-state index contributed by atoms with van der Waals surface area (Å²) >= 11 is 0. The molecule has 0 amide bonds. The van der Waals surface area contributed by atoms with Gasteiger partial charge in [0.2, 0.25) is 0 Å². The van der Waals surface area contributed by atoms with Crippen LogP contribution in [0.5, 0.6) is 0 Å². The van der Waals surface area contributed by atoms with Gasteiger partial charge < -0.3 is 10.0 Å². The van der Waals surface area contributed by atoms with Crippen LogP contribution >= 0.6 is 0 Å². The van der Waals surface area contributed by atoms with Gasteiger partial charge in [-0.05, 0) is 63.9 Å². The van der Waals surface area contributed by atoms with Crippen molar-refractivity contribution in [2.75, 3.05) is 13.6 Å². The zero-order valence-corrected chi connectivity index (χ0v) is 12.5. The van der Waals surface area contributed by atoms with E-state index in [2.05, 4.69) is 44.9 Å². The molecule has 0 heterocycles.